The molecule has 0 bridgehead atoms. The summed E-state index contributed by atoms with van der Waals surface area (Å²) in [5, 5.41) is 0. The number of rotatable bonds is 4. The molecule has 0 aliphatic heterocycles. The van der Waals surface area contributed by atoms with E-state index in [4.69, 9.17) is 10.5 Å². The Hall–Kier alpha value is -1.02. The van der Waals surface area contributed by atoms with Crippen LogP contribution in [0, 0.1) is 12.8 Å². The second-order valence-corrected chi connectivity index (χ2v) is 5.94. The van der Waals surface area contributed by atoms with Crippen LogP contribution in [0.2, 0.25) is 0 Å². The molecule has 1 aromatic rings. The van der Waals surface area contributed by atoms with E-state index >= 15 is 0 Å². The Kier molecular flexibility index (Phi) is 4.87. The molecule has 0 spiro atoms. The summed E-state index contributed by atoms with van der Waals surface area (Å²) >= 11 is 0. The highest BCUT2D eigenvalue weighted by atomic mass is 16.5. The summed E-state index contributed by atoms with van der Waals surface area (Å²) in [6, 6.07) is 6.39. The molecule has 0 radical (unpaired) electrons. The molecule has 1 aromatic carbocycles. The number of hydrogen-bond donors (Lipinski definition) is 1. The van der Waals surface area contributed by atoms with Crippen molar-refractivity contribution in [3.8, 4) is 5.75 Å². The minimum absolute atomic E-state index is 0.0265. The number of ether oxygens (including phenoxy) is 1. The van der Waals surface area contributed by atoms with Crippen molar-refractivity contribution in [1.82, 2.24) is 0 Å². The van der Waals surface area contributed by atoms with Crippen LogP contribution in [0.25, 0.3) is 0 Å². The summed E-state index contributed by atoms with van der Waals surface area (Å²) in [5.41, 5.74) is 8.46. The monoisotopic (exact) mass is 261 g/mol. The van der Waals surface area contributed by atoms with E-state index in [0.29, 0.717) is 12.0 Å². The zero-order chi connectivity index (χ0) is 13.8. The van der Waals surface area contributed by atoms with Crippen molar-refractivity contribution in [2.45, 2.75) is 65.0 Å². The summed E-state index contributed by atoms with van der Waals surface area (Å²) < 4.78 is 6.33. The van der Waals surface area contributed by atoms with Crippen molar-refractivity contribution in [2.75, 3.05) is 0 Å². The normalized spacial score (nSPS) is 25.1. The van der Waals surface area contributed by atoms with E-state index in [0.717, 1.165) is 11.3 Å². The molecular weight excluding hydrogens is 234 g/mol. The van der Waals surface area contributed by atoms with Crippen molar-refractivity contribution >= 4 is 0 Å². The lowest BCUT2D eigenvalue weighted by Gasteiger charge is -2.32. The minimum Gasteiger partial charge on any atom is -0.490 e. The molecule has 0 saturated heterocycles. The van der Waals surface area contributed by atoms with Crippen LogP contribution in [0.3, 0.4) is 0 Å². The van der Waals surface area contributed by atoms with Crippen molar-refractivity contribution < 1.29 is 4.74 Å². The molecule has 0 aromatic heterocycles. The Labute approximate surface area is 117 Å². The van der Waals surface area contributed by atoms with Crippen molar-refractivity contribution in [2.24, 2.45) is 11.7 Å². The van der Waals surface area contributed by atoms with E-state index < -0.39 is 0 Å². The van der Waals surface area contributed by atoms with Crippen LogP contribution in [-0.4, -0.2) is 6.10 Å². The van der Waals surface area contributed by atoms with Gasteiger partial charge in [0.1, 0.15) is 11.9 Å². The van der Waals surface area contributed by atoms with E-state index in [1.807, 2.05) is 6.92 Å². The van der Waals surface area contributed by atoms with Gasteiger partial charge in [-0.2, -0.15) is 0 Å². The van der Waals surface area contributed by atoms with Crippen molar-refractivity contribution in [3.05, 3.63) is 29.3 Å². The van der Waals surface area contributed by atoms with Crippen LogP contribution in [0.4, 0.5) is 0 Å². The Morgan fingerprint density at radius 3 is 2.74 bits per heavy atom. The molecule has 2 unspecified atom stereocenters. The largest absolute Gasteiger partial charge is 0.490 e. The average Bonchev–Trinajstić information content (AvgIpc) is 2.41. The number of nitrogens with two attached hydrogens (primary N) is 1. The topological polar surface area (TPSA) is 35.2 Å². The summed E-state index contributed by atoms with van der Waals surface area (Å²) in [6.07, 6.45) is 6.72. The second kappa shape index (κ2) is 6.42. The molecule has 1 fully saturated rings. The van der Waals surface area contributed by atoms with Crippen LogP contribution in [0.1, 0.15) is 63.1 Å². The van der Waals surface area contributed by atoms with Gasteiger partial charge in [0.2, 0.25) is 0 Å². The minimum atomic E-state index is 0.0265. The van der Waals surface area contributed by atoms with Crippen LogP contribution in [0.15, 0.2) is 18.2 Å². The smallest absolute Gasteiger partial charge is 0.124 e. The van der Waals surface area contributed by atoms with Gasteiger partial charge in [-0.25, -0.2) is 0 Å². The fraction of sp³-hybridized carbons (Fsp3) is 0.647. The lowest BCUT2D eigenvalue weighted by Crippen LogP contribution is -2.30. The van der Waals surface area contributed by atoms with E-state index in [9.17, 15) is 0 Å². The SMILES string of the molecule is CCC1CCCCC1Oc1ccc(C)cc1[C@@H](C)N. The third kappa shape index (κ3) is 3.50. The Morgan fingerprint density at radius 1 is 1.32 bits per heavy atom. The Bertz CT molecular complexity index is 414. The van der Waals surface area contributed by atoms with Gasteiger partial charge in [-0.3, -0.25) is 0 Å². The predicted molar refractivity (Wildman–Crippen MR) is 80.4 cm³/mol. The summed E-state index contributed by atoms with van der Waals surface area (Å²) in [7, 11) is 0. The van der Waals surface area contributed by atoms with Gasteiger partial charge < -0.3 is 10.5 Å². The first kappa shape index (κ1) is 14.4. The first-order chi connectivity index (χ1) is 9.11. The van der Waals surface area contributed by atoms with Gasteiger partial charge >= 0.3 is 0 Å². The zero-order valence-corrected chi connectivity index (χ0v) is 12.5. The number of aryl methyl sites for hydroxylation is 1. The Balaban J connectivity index is 2.17. The molecular formula is C17H27NO. The molecule has 0 amide bonds. The molecule has 1 aliphatic rings. The van der Waals surface area contributed by atoms with E-state index in [1.54, 1.807) is 0 Å². The molecule has 3 atom stereocenters. The van der Waals surface area contributed by atoms with Crippen LogP contribution in [-0.2, 0) is 0 Å². The molecule has 1 saturated carbocycles. The van der Waals surface area contributed by atoms with Gasteiger partial charge in [-0.05, 0) is 51.5 Å². The first-order valence-electron chi connectivity index (χ1n) is 7.64. The first-order valence-corrected chi connectivity index (χ1v) is 7.64. The van der Waals surface area contributed by atoms with Gasteiger partial charge in [-0.15, -0.1) is 0 Å². The van der Waals surface area contributed by atoms with Gasteiger partial charge in [-0.1, -0.05) is 31.0 Å². The highest BCUT2D eigenvalue weighted by Gasteiger charge is 2.26. The van der Waals surface area contributed by atoms with E-state index in [2.05, 4.69) is 32.0 Å². The summed E-state index contributed by atoms with van der Waals surface area (Å²) in [6.45, 7) is 6.40. The molecule has 2 N–H and O–H groups in total. The van der Waals surface area contributed by atoms with Gasteiger partial charge in [0.05, 0.1) is 0 Å². The van der Waals surface area contributed by atoms with Crippen LogP contribution < -0.4 is 10.5 Å². The van der Waals surface area contributed by atoms with Gasteiger partial charge in [0.15, 0.2) is 0 Å². The lowest BCUT2D eigenvalue weighted by molar-refractivity contribution is 0.0891. The van der Waals surface area contributed by atoms with Crippen molar-refractivity contribution in [3.63, 3.8) is 0 Å². The maximum atomic E-state index is 6.33. The highest BCUT2D eigenvalue weighted by molar-refractivity contribution is 5.39. The molecule has 2 rings (SSSR count). The molecule has 19 heavy (non-hydrogen) atoms. The summed E-state index contributed by atoms with van der Waals surface area (Å²) in [4.78, 5) is 0. The van der Waals surface area contributed by atoms with Gasteiger partial charge in [0, 0.05) is 11.6 Å². The van der Waals surface area contributed by atoms with Crippen LogP contribution in [0.5, 0.6) is 5.75 Å². The maximum Gasteiger partial charge on any atom is 0.124 e. The fourth-order valence-corrected chi connectivity index (χ4v) is 3.09. The lowest BCUT2D eigenvalue weighted by atomic mass is 9.84. The molecule has 0 heterocycles. The molecule has 1 aliphatic carbocycles. The van der Waals surface area contributed by atoms with Crippen LogP contribution >= 0.6 is 0 Å². The second-order valence-electron chi connectivity index (χ2n) is 5.94. The third-order valence-electron chi connectivity index (χ3n) is 4.30. The summed E-state index contributed by atoms with van der Waals surface area (Å²) in [5.74, 6) is 1.70. The Morgan fingerprint density at radius 2 is 2.05 bits per heavy atom. The highest BCUT2D eigenvalue weighted by Crippen LogP contribution is 2.33. The molecule has 106 valence electrons. The standard InChI is InChI=1S/C17H27NO/c1-4-14-7-5-6-8-16(14)19-17-10-9-12(2)11-15(17)13(3)18/h9-11,13-14,16H,4-8,18H2,1-3H3/t13-,14?,16?/m1/s1. The molecule has 2 heteroatoms. The van der Waals surface area contributed by atoms with E-state index in [1.165, 1.54) is 37.7 Å². The predicted octanol–water partition coefficient (Wildman–Crippen LogP) is 4.36. The number of hydrogen-bond acceptors (Lipinski definition) is 2. The third-order valence-corrected chi connectivity index (χ3v) is 4.30. The number of benzene rings is 1. The maximum absolute atomic E-state index is 6.33. The van der Waals surface area contributed by atoms with E-state index in [-0.39, 0.29) is 6.04 Å². The van der Waals surface area contributed by atoms with Gasteiger partial charge in [0.25, 0.3) is 0 Å². The fourth-order valence-electron chi connectivity index (χ4n) is 3.09. The zero-order valence-electron chi connectivity index (χ0n) is 12.5. The quantitative estimate of drug-likeness (QED) is 0.874. The molecule has 2 nitrogen and oxygen atoms in total. The average molecular weight is 261 g/mol. The van der Waals surface area contributed by atoms with Crippen molar-refractivity contribution in [1.29, 1.82) is 0 Å².